The Kier molecular flexibility index (Phi) is 4.83. The Morgan fingerprint density at radius 1 is 1.47 bits per heavy atom. The Balaban J connectivity index is 0.00000112. The molecule has 15 heavy (non-hydrogen) atoms. The zero-order chi connectivity index (χ0) is 9.97. The fraction of sp³-hybridized carbons (Fsp3) is 0.500. The smallest absolute Gasteiger partial charge is 0.129 e. The summed E-state index contributed by atoms with van der Waals surface area (Å²) in [6.45, 7) is 1.99. The standard InChI is InChI=1S/C10H14BrN3.ClH/c11-9-4-1-5-10(13-9)14-6-2-3-8(12)7-14;/h1,4-5,8H,2-3,6-7,12H2;1H. The van der Waals surface area contributed by atoms with E-state index in [1.807, 2.05) is 18.2 Å². The summed E-state index contributed by atoms with van der Waals surface area (Å²) >= 11 is 3.37. The van der Waals surface area contributed by atoms with Crippen LogP contribution in [0.3, 0.4) is 0 Å². The van der Waals surface area contributed by atoms with E-state index in [0.29, 0.717) is 6.04 Å². The summed E-state index contributed by atoms with van der Waals surface area (Å²) in [6.07, 6.45) is 2.29. The maximum atomic E-state index is 5.92. The first kappa shape index (κ1) is 12.7. The summed E-state index contributed by atoms with van der Waals surface area (Å²) in [5, 5.41) is 0. The Bertz CT molecular complexity index is 321. The lowest BCUT2D eigenvalue weighted by Gasteiger charge is -2.31. The molecule has 1 fully saturated rings. The van der Waals surface area contributed by atoms with Crippen LogP contribution in [0.5, 0.6) is 0 Å². The SMILES string of the molecule is Cl.NC1CCCN(c2cccc(Br)n2)C1. The molecule has 1 saturated heterocycles. The molecule has 2 heterocycles. The molecule has 2 N–H and O–H groups in total. The summed E-state index contributed by atoms with van der Waals surface area (Å²) in [7, 11) is 0. The van der Waals surface area contributed by atoms with Crippen LogP contribution in [0.25, 0.3) is 0 Å². The van der Waals surface area contributed by atoms with Crippen LogP contribution in [0.15, 0.2) is 22.8 Å². The zero-order valence-corrected chi connectivity index (χ0v) is 10.8. The van der Waals surface area contributed by atoms with Crippen molar-refractivity contribution in [2.45, 2.75) is 18.9 Å². The Morgan fingerprint density at radius 2 is 2.27 bits per heavy atom. The minimum atomic E-state index is 0. The number of nitrogens with two attached hydrogens (primary N) is 1. The molecule has 5 heteroatoms. The van der Waals surface area contributed by atoms with Gasteiger partial charge in [-0.3, -0.25) is 0 Å². The number of nitrogens with zero attached hydrogens (tertiary/aromatic N) is 2. The van der Waals surface area contributed by atoms with Crippen molar-refractivity contribution in [1.29, 1.82) is 0 Å². The predicted octanol–water partition coefficient (Wildman–Crippen LogP) is 2.19. The van der Waals surface area contributed by atoms with Crippen LogP contribution in [-0.2, 0) is 0 Å². The Labute approximate surface area is 105 Å². The number of piperidine rings is 1. The second-order valence-electron chi connectivity index (χ2n) is 3.67. The van der Waals surface area contributed by atoms with E-state index in [1.165, 1.54) is 0 Å². The van der Waals surface area contributed by atoms with Gasteiger partial charge in [0.05, 0.1) is 0 Å². The van der Waals surface area contributed by atoms with Crippen molar-refractivity contribution < 1.29 is 0 Å². The molecule has 0 spiro atoms. The van der Waals surface area contributed by atoms with E-state index in [4.69, 9.17) is 5.73 Å². The van der Waals surface area contributed by atoms with Crippen LogP contribution in [0.4, 0.5) is 5.82 Å². The molecule has 0 radical (unpaired) electrons. The highest BCUT2D eigenvalue weighted by Gasteiger charge is 2.17. The zero-order valence-electron chi connectivity index (χ0n) is 8.40. The highest BCUT2D eigenvalue weighted by molar-refractivity contribution is 9.10. The molecule has 3 nitrogen and oxygen atoms in total. The number of anilines is 1. The Hall–Kier alpha value is -0.320. The van der Waals surface area contributed by atoms with Crippen molar-refractivity contribution in [1.82, 2.24) is 4.98 Å². The van der Waals surface area contributed by atoms with Gasteiger partial charge in [0.25, 0.3) is 0 Å². The molecule has 84 valence electrons. The number of rotatable bonds is 1. The summed E-state index contributed by atoms with van der Waals surface area (Å²) in [5.41, 5.74) is 5.92. The normalized spacial score (nSPS) is 20.9. The molecule has 0 bridgehead atoms. The first-order valence-electron chi connectivity index (χ1n) is 4.89. The predicted molar refractivity (Wildman–Crippen MR) is 68.6 cm³/mol. The van der Waals surface area contributed by atoms with Gasteiger partial charge in [-0.05, 0) is 40.9 Å². The minimum Gasteiger partial charge on any atom is -0.355 e. The van der Waals surface area contributed by atoms with Crippen molar-refractivity contribution in [3.63, 3.8) is 0 Å². The molecule has 0 amide bonds. The first-order chi connectivity index (χ1) is 6.75. The molecule has 1 aromatic rings. The van der Waals surface area contributed by atoms with Crippen LogP contribution in [0.1, 0.15) is 12.8 Å². The van der Waals surface area contributed by atoms with Crippen LogP contribution < -0.4 is 10.6 Å². The van der Waals surface area contributed by atoms with Crippen LogP contribution in [0, 0.1) is 0 Å². The van der Waals surface area contributed by atoms with Gasteiger partial charge in [-0.1, -0.05) is 6.07 Å². The molecule has 0 aromatic carbocycles. The van der Waals surface area contributed by atoms with E-state index in [1.54, 1.807) is 0 Å². The third-order valence-electron chi connectivity index (χ3n) is 2.48. The quantitative estimate of drug-likeness (QED) is 0.807. The number of hydrogen-bond donors (Lipinski definition) is 1. The lowest BCUT2D eigenvalue weighted by atomic mass is 10.1. The number of hydrogen-bond acceptors (Lipinski definition) is 3. The largest absolute Gasteiger partial charge is 0.355 e. The molecule has 1 aromatic heterocycles. The number of pyridine rings is 1. The van der Waals surface area contributed by atoms with Crippen LogP contribution >= 0.6 is 28.3 Å². The van der Waals surface area contributed by atoms with Gasteiger partial charge in [-0.15, -0.1) is 12.4 Å². The summed E-state index contributed by atoms with van der Waals surface area (Å²) in [4.78, 5) is 6.67. The van der Waals surface area contributed by atoms with Gasteiger partial charge in [0, 0.05) is 19.1 Å². The molecule has 1 atom stereocenters. The topological polar surface area (TPSA) is 42.1 Å². The summed E-state index contributed by atoms with van der Waals surface area (Å²) in [5.74, 6) is 1.02. The van der Waals surface area contributed by atoms with Gasteiger partial charge in [0.2, 0.25) is 0 Å². The Morgan fingerprint density at radius 3 is 2.93 bits per heavy atom. The monoisotopic (exact) mass is 291 g/mol. The van der Waals surface area contributed by atoms with E-state index in [0.717, 1.165) is 36.4 Å². The van der Waals surface area contributed by atoms with E-state index < -0.39 is 0 Å². The average molecular weight is 293 g/mol. The molecule has 0 aliphatic carbocycles. The van der Waals surface area contributed by atoms with Crippen LogP contribution in [-0.4, -0.2) is 24.1 Å². The maximum Gasteiger partial charge on any atom is 0.129 e. The van der Waals surface area contributed by atoms with Gasteiger partial charge in [0.1, 0.15) is 10.4 Å². The summed E-state index contributed by atoms with van der Waals surface area (Å²) in [6, 6.07) is 6.27. The van der Waals surface area contributed by atoms with Crippen LogP contribution in [0.2, 0.25) is 0 Å². The van der Waals surface area contributed by atoms with E-state index in [-0.39, 0.29) is 12.4 Å². The molecule has 1 aliphatic heterocycles. The minimum absolute atomic E-state index is 0. The van der Waals surface area contributed by atoms with Gasteiger partial charge in [0.15, 0.2) is 0 Å². The molecule has 1 unspecified atom stereocenters. The lowest BCUT2D eigenvalue weighted by molar-refractivity contribution is 0.503. The maximum absolute atomic E-state index is 5.92. The van der Waals surface area contributed by atoms with Crippen molar-refractivity contribution in [2.24, 2.45) is 5.73 Å². The number of halogens is 2. The average Bonchev–Trinajstić information content (AvgIpc) is 2.18. The molecular weight excluding hydrogens is 277 g/mol. The van der Waals surface area contributed by atoms with Gasteiger partial charge in [-0.25, -0.2) is 4.98 Å². The molecule has 1 aliphatic rings. The van der Waals surface area contributed by atoms with E-state index in [2.05, 4.69) is 25.8 Å². The van der Waals surface area contributed by atoms with Gasteiger partial charge < -0.3 is 10.6 Å². The fourth-order valence-corrected chi connectivity index (χ4v) is 2.13. The van der Waals surface area contributed by atoms with Crippen molar-refractivity contribution in [3.8, 4) is 0 Å². The van der Waals surface area contributed by atoms with Gasteiger partial charge in [-0.2, -0.15) is 0 Å². The second-order valence-corrected chi connectivity index (χ2v) is 4.48. The molecule has 0 saturated carbocycles. The first-order valence-corrected chi connectivity index (χ1v) is 5.68. The van der Waals surface area contributed by atoms with E-state index in [9.17, 15) is 0 Å². The number of aromatic nitrogens is 1. The fourth-order valence-electron chi connectivity index (χ4n) is 1.79. The third-order valence-corrected chi connectivity index (χ3v) is 2.92. The molecule has 2 rings (SSSR count). The van der Waals surface area contributed by atoms with Crippen molar-refractivity contribution in [3.05, 3.63) is 22.8 Å². The van der Waals surface area contributed by atoms with Crippen molar-refractivity contribution in [2.75, 3.05) is 18.0 Å². The molecular formula is C10H15BrClN3. The lowest BCUT2D eigenvalue weighted by Crippen LogP contribution is -2.43. The highest BCUT2D eigenvalue weighted by Crippen LogP contribution is 2.18. The van der Waals surface area contributed by atoms with E-state index >= 15 is 0 Å². The van der Waals surface area contributed by atoms with Crippen molar-refractivity contribution >= 4 is 34.2 Å². The third kappa shape index (κ3) is 3.33. The second kappa shape index (κ2) is 5.68. The highest BCUT2D eigenvalue weighted by atomic mass is 79.9. The van der Waals surface area contributed by atoms with Gasteiger partial charge >= 0.3 is 0 Å². The summed E-state index contributed by atoms with van der Waals surface area (Å²) < 4.78 is 0.883.